The summed E-state index contributed by atoms with van der Waals surface area (Å²) in [6.07, 6.45) is 9.11. The Labute approximate surface area is 142 Å². The molecule has 0 saturated carbocycles. The van der Waals surface area contributed by atoms with Crippen LogP contribution in [0, 0.1) is 0 Å². The summed E-state index contributed by atoms with van der Waals surface area (Å²) in [7, 11) is 0. The van der Waals surface area contributed by atoms with Crippen LogP contribution in [0.25, 0.3) is 0 Å². The average molecular weight is 516 g/mol. The minimum absolute atomic E-state index is 0.564. The van der Waals surface area contributed by atoms with Crippen LogP contribution in [-0.2, 0) is 1.41 Å². The first kappa shape index (κ1) is 22.5. The second kappa shape index (κ2) is 12.8. The Bertz CT molecular complexity index is 226. The van der Waals surface area contributed by atoms with Crippen LogP contribution in [0.3, 0.4) is 0 Å². The Morgan fingerprint density at radius 1 is 0.619 bits per heavy atom. The Kier molecular flexibility index (Phi) is 13.8. The van der Waals surface area contributed by atoms with Gasteiger partial charge in [-0.1, -0.05) is 0 Å². The van der Waals surface area contributed by atoms with Gasteiger partial charge in [-0.25, -0.2) is 0 Å². The van der Waals surface area contributed by atoms with E-state index in [1.165, 1.54) is 51.8 Å². The van der Waals surface area contributed by atoms with Gasteiger partial charge in [-0.2, -0.15) is 0 Å². The first-order valence-electron chi connectivity index (χ1n) is 9.10. The van der Waals surface area contributed by atoms with Gasteiger partial charge in [0.25, 0.3) is 0 Å². The molecular weight excluding hydrogens is 478 g/mol. The molecule has 0 aliphatic carbocycles. The van der Waals surface area contributed by atoms with Crippen molar-refractivity contribution in [2.75, 3.05) is 0 Å². The average Bonchev–Trinajstić information content (AvgIpc) is 2.46. The van der Waals surface area contributed by atoms with Gasteiger partial charge in [0.2, 0.25) is 0 Å². The topological polar surface area (TPSA) is 49.7 Å². The molecular formula is C16H38O3Sn2. The van der Waals surface area contributed by atoms with Crippen LogP contribution < -0.4 is 0 Å². The third kappa shape index (κ3) is 10.8. The van der Waals surface area contributed by atoms with Crippen molar-refractivity contribution in [1.82, 2.24) is 0 Å². The second-order valence-corrected chi connectivity index (χ2v) is 27.6. The van der Waals surface area contributed by atoms with Gasteiger partial charge >= 0.3 is 144 Å². The summed E-state index contributed by atoms with van der Waals surface area (Å²) in [6, 6.07) is 0. The summed E-state index contributed by atoms with van der Waals surface area (Å²) in [4.78, 5) is 0. The standard InChI is InChI=1S/4C4H9.2H2O.O.2Sn/c4*1-3-4-2;;;;;/h4*1,3-4H2,2H3;2*1H2;;;/q;;;;;;;;+2/p-2. The Balaban J connectivity index is 4.91. The van der Waals surface area contributed by atoms with Crippen LogP contribution >= 0.6 is 0 Å². The van der Waals surface area contributed by atoms with Gasteiger partial charge in [0.15, 0.2) is 0 Å². The SMILES string of the molecule is CCC[CH2][Sn]([OH])([OH])[O][Sn]([CH2]CCC)([CH2]CCC)[CH2]CCC. The van der Waals surface area contributed by atoms with Crippen molar-refractivity contribution >= 4 is 38.4 Å². The first-order valence-corrected chi connectivity index (χ1v) is 22.1. The summed E-state index contributed by atoms with van der Waals surface area (Å²) in [5.41, 5.74) is 0. The van der Waals surface area contributed by atoms with Crippen LogP contribution in [0.4, 0.5) is 0 Å². The zero-order chi connectivity index (χ0) is 16.2. The van der Waals surface area contributed by atoms with E-state index in [1.54, 1.807) is 0 Å². The van der Waals surface area contributed by atoms with Gasteiger partial charge in [0.1, 0.15) is 0 Å². The maximum absolute atomic E-state index is 10.5. The number of hydrogen-bond donors (Lipinski definition) is 2. The third-order valence-electron chi connectivity index (χ3n) is 4.19. The molecule has 0 heterocycles. The molecule has 0 unspecified atom stereocenters. The maximum atomic E-state index is 10.5. The molecule has 0 amide bonds. The van der Waals surface area contributed by atoms with Crippen molar-refractivity contribution in [1.29, 1.82) is 0 Å². The fraction of sp³-hybridized carbons (Fsp3) is 1.00. The number of hydrogen-bond acceptors (Lipinski definition) is 3. The molecule has 0 aromatic carbocycles. The second-order valence-electron chi connectivity index (χ2n) is 6.44. The number of rotatable bonds is 14. The third-order valence-corrected chi connectivity index (χ3v) is 34.6. The minimum atomic E-state index is -4.21. The van der Waals surface area contributed by atoms with Crippen molar-refractivity contribution < 1.29 is 8.30 Å². The van der Waals surface area contributed by atoms with Gasteiger partial charge < -0.3 is 0 Å². The van der Waals surface area contributed by atoms with E-state index in [9.17, 15) is 6.89 Å². The van der Waals surface area contributed by atoms with Gasteiger partial charge in [0.05, 0.1) is 0 Å². The van der Waals surface area contributed by atoms with Crippen molar-refractivity contribution in [3.63, 3.8) is 0 Å². The number of unbranched alkanes of at least 4 members (excludes halogenated alkanes) is 4. The molecule has 0 aliphatic heterocycles. The molecule has 0 atom stereocenters. The van der Waals surface area contributed by atoms with Crippen molar-refractivity contribution in [2.45, 2.75) is 96.8 Å². The molecule has 0 saturated heterocycles. The zero-order valence-corrected chi connectivity index (χ0v) is 20.5. The first-order chi connectivity index (χ1) is 9.95. The van der Waals surface area contributed by atoms with E-state index in [0.29, 0.717) is 4.44 Å². The predicted molar refractivity (Wildman–Crippen MR) is 95.9 cm³/mol. The normalized spacial score (nSPS) is 12.9. The van der Waals surface area contributed by atoms with Crippen LogP contribution in [0.15, 0.2) is 0 Å². The quantitative estimate of drug-likeness (QED) is 0.318. The molecule has 0 aromatic heterocycles. The molecule has 3 nitrogen and oxygen atoms in total. The Morgan fingerprint density at radius 2 is 0.952 bits per heavy atom. The van der Waals surface area contributed by atoms with Gasteiger partial charge in [0, 0.05) is 0 Å². The summed E-state index contributed by atoms with van der Waals surface area (Å²) in [5, 5.41) is 0. The van der Waals surface area contributed by atoms with Gasteiger partial charge in [-0.3, -0.25) is 0 Å². The van der Waals surface area contributed by atoms with Crippen LogP contribution in [0.1, 0.15) is 79.1 Å². The zero-order valence-electron chi connectivity index (χ0n) is 14.8. The van der Waals surface area contributed by atoms with E-state index in [-0.39, 0.29) is 0 Å². The van der Waals surface area contributed by atoms with E-state index in [0.717, 1.165) is 12.8 Å². The predicted octanol–water partition coefficient (Wildman–Crippen LogP) is 5.07. The monoisotopic (exact) mass is 518 g/mol. The van der Waals surface area contributed by atoms with E-state index in [1.807, 2.05) is 0 Å². The fourth-order valence-corrected chi connectivity index (χ4v) is 40.1. The van der Waals surface area contributed by atoms with Crippen LogP contribution in [0.2, 0.25) is 17.7 Å². The van der Waals surface area contributed by atoms with E-state index < -0.39 is 38.4 Å². The van der Waals surface area contributed by atoms with E-state index in [4.69, 9.17) is 1.41 Å². The van der Waals surface area contributed by atoms with Crippen LogP contribution in [-0.4, -0.2) is 45.3 Å². The van der Waals surface area contributed by atoms with E-state index in [2.05, 4.69) is 27.7 Å². The molecule has 0 rings (SSSR count). The molecule has 0 bridgehead atoms. The summed E-state index contributed by atoms with van der Waals surface area (Å²) in [6.45, 7) is 8.77. The molecule has 0 aliphatic rings. The fourth-order valence-electron chi connectivity index (χ4n) is 2.83. The summed E-state index contributed by atoms with van der Waals surface area (Å²) >= 11 is -7.02. The molecule has 21 heavy (non-hydrogen) atoms. The molecule has 0 fully saturated rings. The summed E-state index contributed by atoms with van der Waals surface area (Å²) < 4.78 is 31.5. The van der Waals surface area contributed by atoms with Crippen molar-refractivity contribution in [3.8, 4) is 0 Å². The Morgan fingerprint density at radius 3 is 1.29 bits per heavy atom. The molecule has 128 valence electrons. The van der Waals surface area contributed by atoms with E-state index >= 15 is 0 Å². The van der Waals surface area contributed by atoms with Gasteiger partial charge in [-0.15, -0.1) is 0 Å². The molecule has 0 aromatic rings. The summed E-state index contributed by atoms with van der Waals surface area (Å²) in [5.74, 6) is 0. The van der Waals surface area contributed by atoms with Gasteiger partial charge in [-0.05, 0) is 0 Å². The Hall–Kier alpha value is 1.48. The van der Waals surface area contributed by atoms with Crippen LogP contribution in [0.5, 0.6) is 0 Å². The van der Waals surface area contributed by atoms with Crippen molar-refractivity contribution in [2.24, 2.45) is 0 Å². The molecule has 0 spiro atoms. The molecule has 5 heteroatoms. The molecule has 0 radical (unpaired) electrons. The molecule has 2 N–H and O–H groups in total. The van der Waals surface area contributed by atoms with Crippen molar-refractivity contribution in [3.05, 3.63) is 0 Å².